The number of thiazole rings is 1. The van der Waals surface area contributed by atoms with Crippen molar-refractivity contribution in [2.75, 3.05) is 68.0 Å². The Morgan fingerprint density at radius 2 is 1.81 bits per heavy atom. The van der Waals surface area contributed by atoms with Gasteiger partial charge in [-0.1, -0.05) is 51.0 Å². The Labute approximate surface area is 373 Å². The first-order chi connectivity index (χ1) is 30.1. The summed E-state index contributed by atoms with van der Waals surface area (Å²) in [5.74, 6) is 2.20. The summed E-state index contributed by atoms with van der Waals surface area (Å²) in [6, 6.07) is 6.30. The van der Waals surface area contributed by atoms with Gasteiger partial charge in [0.05, 0.1) is 28.7 Å². The van der Waals surface area contributed by atoms with Crippen molar-refractivity contribution in [2.24, 2.45) is 5.41 Å². The molecule has 0 bridgehead atoms. The van der Waals surface area contributed by atoms with Gasteiger partial charge in [0.2, 0.25) is 47.4 Å². The Balaban J connectivity index is 1.01. The summed E-state index contributed by atoms with van der Waals surface area (Å²) in [5.41, 5.74) is 4.01. The lowest BCUT2D eigenvalue weighted by atomic mass is 9.85. The fraction of sp³-hybridized carbons (Fsp3) is 0.568. The second kappa shape index (κ2) is 21.0. The first-order valence-electron chi connectivity index (χ1n) is 21.6. The largest absolute Gasteiger partial charge is 0.391 e. The Kier molecular flexibility index (Phi) is 15.5. The first-order valence-corrected chi connectivity index (χ1v) is 22.5. The predicted molar refractivity (Wildman–Crippen MR) is 240 cm³/mol. The van der Waals surface area contributed by atoms with E-state index in [0.717, 1.165) is 34.5 Å². The smallest absolute Gasteiger partial charge is 0.246 e. The molecule has 1 aliphatic carbocycles. The van der Waals surface area contributed by atoms with Crippen molar-refractivity contribution in [3.63, 3.8) is 0 Å². The zero-order chi connectivity index (χ0) is 45.3. The molecule has 338 valence electrons. The number of rotatable bonds is 19. The van der Waals surface area contributed by atoms with E-state index in [4.69, 9.17) is 6.42 Å². The molecule has 2 aliphatic heterocycles. The van der Waals surface area contributed by atoms with Crippen LogP contribution in [-0.2, 0) is 30.5 Å². The number of unbranched alkanes of at least 4 members (excludes halogenated alkanes) is 1. The molecule has 63 heavy (non-hydrogen) atoms. The van der Waals surface area contributed by atoms with Gasteiger partial charge in [-0.15, -0.1) is 17.8 Å². The van der Waals surface area contributed by atoms with Crippen molar-refractivity contribution < 1.29 is 29.1 Å². The van der Waals surface area contributed by atoms with Crippen LogP contribution in [0, 0.1) is 24.7 Å². The van der Waals surface area contributed by atoms with Crippen molar-refractivity contribution in [2.45, 2.75) is 103 Å². The number of β-amino-alcohol motifs (C(OH)–C–C–N with tert-alkyl or cyclic N) is 1. The van der Waals surface area contributed by atoms with Gasteiger partial charge >= 0.3 is 0 Å². The first kappa shape index (κ1) is 46.6. The average molecular weight is 885 g/mol. The van der Waals surface area contributed by atoms with Gasteiger partial charge < -0.3 is 46.0 Å². The minimum absolute atomic E-state index is 0.0156. The van der Waals surface area contributed by atoms with E-state index in [2.05, 4.69) is 47.1 Å². The maximum atomic E-state index is 14.1. The number of piperazine rings is 1. The van der Waals surface area contributed by atoms with Gasteiger partial charge in [0, 0.05) is 71.6 Å². The van der Waals surface area contributed by atoms with E-state index in [0.29, 0.717) is 50.9 Å². The molecule has 0 spiro atoms. The van der Waals surface area contributed by atoms with E-state index in [1.54, 1.807) is 33.1 Å². The van der Waals surface area contributed by atoms with Crippen LogP contribution in [0.5, 0.6) is 0 Å². The fourth-order valence-electron chi connectivity index (χ4n) is 7.42. The molecule has 3 atom stereocenters. The molecule has 19 heteroatoms. The second-order valence-electron chi connectivity index (χ2n) is 17.5. The summed E-state index contributed by atoms with van der Waals surface area (Å²) in [7, 11) is 1.80. The number of terminal acetylenes is 1. The van der Waals surface area contributed by atoms with Gasteiger partial charge in [0.15, 0.2) is 0 Å². The number of aliphatic hydroxyl groups is 1. The highest BCUT2D eigenvalue weighted by atomic mass is 32.1. The van der Waals surface area contributed by atoms with E-state index in [9.17, 15) is 29.1 Å². The van der Waals surface area contributed by atoms with Crippen LogP contribution in [0.1, 0.15) is 77.0 Å². The lowest BCUT2D eigenvalue weighted by Crippen LogP contribution is -2.57. The quantitative estimate of drug-likeness (QED) is 0.0862. The number of aliphatic hydroxyl groups excluding tert-OH is 1. The molecule has 2 saturated heterocycles. The number of amides is 5. The van der Waals surface area contributed by atoms with E-state index in [1.165, 1.54) is 4.90 Å². The number of carbonyl (C=O) groups is 5. The standard InChI is InChI=1S/C44H60N12O6S/c1-7-19-54-21-22-55(26-36(54)60)43-51-41(50-42(52-43)53(6)20-17-35(59)48-31-15-16-31)45-18-9-8-10-34(58)49-38(44(3,4)5)40(62)56-25-32(57)23-33(56)39(61)46-24-29-11-13-30(14-12-29)37-28(2)47-27-63-37/h1,11-14,27,31-33,38,57H,8-10,15-26H2,2-6H3,(H,46,61)(H,48,59)(H,49,58)(H,45,50,51,52)/t32-,33+,38-/m1/s1. The van der Waals surface area contributed by atoms with Gasteiger partial charge in [-0.2, -0.15) is 15.0 Å². The highest BCUT2D eigenvalue weighted by molar-refractivity contribution is 7.13. The molecule has 1 saturated carbocycles. The fourth-order valence-corrected chi connectivity index (χ4v) is 8.23. The van der Waals surface area contributed by atoms with Gasteiger partial charge in [-0.05, 0) is 49.1 Å². The Bertz CT molecular complexity index is 2150. The third kappa shape index (κ3) is 12.9. The van der Waals surface area contributed by atoms with Crippen molar-refractivity contribution >= 4 is 58.7 Å². The number of carbonyl (C=O) groups excluding carboxylic acids is 5. The number of benzene rings is 1. The van der Waals surface area contributed by atoms with Crippen LogP contribution < -0.4 is 31.1 Å². The molecule has 1 aromatic carbocycles. The van der Waals surface area contributed by atoms with Crippen LogP contribution in [-0.4, -0.2) is 141 Å². The summed E-state index contributed by atoms with van der Waals surface area (Å²) in [6.07, 6.45) is 8.11. The molecule has 3 fully saturated rings. The molecule has 4 heterocycles. The summed E-state index contributed by atoms with van der Waals surface area (Å²) in [6.45, 7) is 9.73. The Hall–Kier alpha value is -5.87. The molecular formula is C44H60N12O6S. The van der Waals surface area contributed by atoms with E-state index in [-0.39, 0.29) is 81.1 Å². The van der Waals surface area contributed by atoms with Crippen LogP contribution in [0.3, 0.4) is 0 Å². The minimum Gasteiger partial charge on any atom is -0.391 e. The molecule has 2 aromatic heterocycles. The molecule has 0 unspecified atom stereocenters. The molecule has 18 nitrogen and oxygen atoms in total. The summed E-state index contributed by atoms with van der Waals surface area (Å²) >= 11 is 1.57. The van der Waals surface area contributed by atoms with Crippen LogP contribution in [0.15, 0.2) is 29.8 Å². The number of anilines is 3. The van der Waals surface area contributed by atoms with E-state index >= 15 is 0 Å². The van der Waals surface area contributed by atoms with Crippen LogP contribution in [0.4, 0.5) is 17.8 Å². The number of aryl methyl sites for hydroxylation is 1. The predicted octanol–water partition coefficient (Wildman–Crippen LogP) is 2.08. The number of aromatic nitrogens is 4. The number of likely N-dealkylation sites (tertiary alicyclic amines) is 1. The molecule has 5 N–H and O–H groups in total. The second-order valence-corrected chi connectivity index (χ2v) is 18.4. The molecule has 3 aromatic rings. The third-order valence-electron chi connectivity index (χ3n) is 11.3. The topological polar surface area (TPSA) is 218 Å². The van der Waals surface area contributed by atoms with Gasteiger partial charge in [-0.3, -0.25) is 24.0 Å². The molecule has 6 rings (SSSR count). The van der Waals surface area contributed by atoms with Gasteiger partial charge in [0.1, 0.15) is 18.6 Å². The normalized spacial score (nSPS) is 18.1. The van der Waals surface area contributed by atoms with Gasteiger partial charge in [-0.25, -0.2) is 4.98 Å². The Morgan fingerprint density at radius 3 is 2.48 bits per heavy atom. The third-order valence-corrected chi connectivity index (χ3v) is 12.3. The maximum absolute atomic E-state index is 14.1. The molecule has 3 aliphatic rings. The lowest BCUT2D eigenvalue weighted by Gasteiger charge is -2.35. The maximum Gasteiger partial charge on any atom is 0.246 e. The molecule has 0 radical (unpaired) electrons. The molecule has 5 amide bonds. The zero-order valence-electron chi connectivity index (χ0n) is 36.9. The lowest BCUT2D eigenvalue weighted by molar-refractivity contribution is -0.144. The van der Waals surface area contributed by atoms with Gasteiger partial charge in [0.25, 0.3) is 0 Å². The Morgan fingerprint density at radius 1 is 1.05 bits per heavy atom. The highest BCUT2D eigenvalue weighted by Gasteiger charge is 2.44. The van der Waals surface area contributed by atoms with E-state index in [1.807, 2.05) is 57.5 Å². The minimum atomic E-state index is -0.939. The summed E-state index contributed by atoms with van der Waals surface area (Å²) < 4.78 is 0. The summed E-state index contributed by atoms with van der Waals surface area (Å²) in [4.78, 5) is 92.0. The van der Waals surface area contributed by atoms with Crippen LogP contribution in [0.25, 0.3) is 10.4 Å². The van der Waals surface area contributed by atoms with Crippen molar-refractivity contribution in [3.8, 4) is 22.8 Å². The number of hydrogen-bond donors (Lipinski definition) is 5. The van der Waals surface area contributed by atoms with Crippen LogP contribution in [0.2, 0.25) is 0 Å². The average Bonchev–Trinajstić information content (AvgIpc) is 3.82. The van der Waals surface area contributed by atoms with E-state index < -0.39 is 29.5 Å². The van der Waals surface area contributed by atoms with Crippen molar-refractivity contribution in [1.82, 2.24) is 45.7 Å². The molecular weight excluding hydrogens is 825 g/mol. The number of nitrogens with one attached hydrogen (secondary N) is 4. The van der Waals surface area contributed by atoms with Crippen molar-refractivity contribution in [1.29, 1.82) is 0 Å². The number of hydrogen-bond acceptors (Lipinski definition) is 14. The monoisotopic (exact) mass is 884 g/mol. The number of nitrogens with zero attached hydrogens (tertiary/aromatic N) is 8. The van der Waals surface area contributed by atoms with Crippen LogP contribution >= 0.6 is 11.3 Å². The zero-order valence-corrected chi connectivity index (χ0v) is 37.7. The summed E-state index contributed by atoms with van der Waals surface area (Å²) in [5, 5.41) is 22.7. The SMILES string of the molecule is C#CCN1CCN(c2nc(NCCCCC(=O)N[C@H](C(=O)N3C[C@H](O)C[C@H]3C(=O)NCc3ccc(-c4scnc4C)cc3)C(C)(C)C)nc(N(C)CCC(=O)NC3CC3)n2)CC1=O. The van der Waals surface area contributed by atoms with Crippen molar-refractivity contribution in [3.05, 3.63) is 41.0 Å². The highest BCUT2D eigenvalue weighted by Crippen LogP contribution is 2.29.